The maximum Gasteiger partial charge on any atom is 0.410 e. The Hall–Kier alpha value is -3.49. The van der Waals surface area contributed by atoms with Crippen molar-refractivity contribution in [2.75, 3.05) is 13.1 Å². The molecule has 0 bridgehead atoms. The molecule has 0 aliphatic carbocycles. The normalized spacial score (nSPS) is 14.5. The van der Waals surface area contributed by atoms with Crippen LogP contribution in [0, 0.1) is 5.92 Å². The molecule has 2 aromatic rings. The van der Waals surface area contributed by atoms with Gasteiger partial charge in [0.1, 0.15) is 23.7 Å². The van der Waals surface area contributed by atoms with Gasteiger partial charge in [-0.2, -0.15) is 0 Å². The summed E-state index contributed by atoms with van der Waals surface area (Å²) in [6.07, 6.45) is 1.33. The molecule has 0 unspecified atom stereocenters. The van der Waals surface area contributed by atoms with Crippen LogP contribution in [0.5, 0.6) is 5.75 Å². The molecular weight excluding hydrogens is 426 g/mol. The number of likely N-dealkylation sites (tertiary alicyclic amines) is 1. The summed E-state index contributed by atoms with van der Waals surface area (Å²) in [6, 6.07) is 12.5. The van der Waals surface area contributed by atoms with Crippen LogP contribution in [0.1, 0.15) is 56.3 Å². The second-order valence-electron chi connectivity index (χ2n) is 8.98. The number of nitrogens with one attached hydrogen (secondary N) is 2. The van der Waals surface area contributed by atoms with Gasteiger partial charge >= 0.3 is 12.0 Å². The fourth-order valence-electron chi connectivity index (χ4n) is 3.40. The van der Waals surface area contributed by atoms with Crippen LogP contribution in [0.3, 0.4) is 0 Å². The van der Waals surface area contributed by atoms with Gasteiger partial charge in [0.05, 0.1) is 0 Å². The molecule has 1 aliphatic rings. The molecule has 178 valence electrons. The minimum Gasteiger partial charge on any atom is -0.486 e. The third-order valence-electron chi connectivity index (χ3n) is 5.07. The molecule has 1 aromatic carbocycles. The molecule has 2 N–H and O–H groups in total. The Balaban J connectivity index is 1.36. The van der Waals surface area contributed by atoms with E-state index in [4.69, 9.17) is 13.9 Å². The van der Waals surface area contributed by atoms with E-state index >= 15 is 0 Å². The molecule has 9 nitrogen and oxygen atoms in total. The quantitative estimate of drug-likeness (QED) is 0.641. The number of amides is 3. The second kappa shape index (κ2) is 10.9. The van der Waals surface area contributed by atoms with E-state index in [1.165, 1.54) is 6.07 Å². The standard InChI is InChI=1S/C24H31N3O6/c1-24(2,3)33-23(30)27-13-11-17(12-14-27)15-21(28)25-26-22(29)20-10-9-19(32-20)16-31-18-7-5-4-6-8-18/h4-10,17H,11-16H2,1-3H3,(H,25,28)(H,26,29). The largest absolute Gasteiger partial charge is 0.486 e. The van der Waals surface area contributed by atoms with Gasteiger partial charge in [0, 0.05) is 19.5 Å². The van der Waals surface area contributed by atoms with Crippen molar-refractivity contribution in [1.82, 2.24) is 15.8 Å². The van der Waals surface area contributed by atoms with E-state index in [1.54, 1.807) is 11.0 Å². The molecule has 0 spiro atoms. The van der Waals surface area contributed by atoms with Gasteiger partial charge in [-0.3, -0.25) is 20.4 Å². The number of benzene rings is 1. The first-order valence-electron chi connectivity index (χ1n) is 11.0. The highest BCUT2D eigenvalue weighted by atomic mass is 16.6. The van der Waals surface area contributed by atoms with Crippen molar-refractivity contribution in [2.24, 2.45) is 5.92 Å². The summed E-state index contributed by atoms with van der Waals surface area (Å²) in [5, 5.41) is 0. The van der Waals surface area contributed by atoms with Crippen molar-refractivity contribution in [2.45, 2.75) is 52.2 Å². The zero-order valence-corrected chi connectivity index (χ0v) is 19.3. The lowest BCUT2D eigenvalue weighted by atomic mass is 9.93. The molecule has 3 rings (SSSR count). The molecule has 0 saturated carbocycles. The first-order valence-corrected chi connectivity index (χ1v) is 11.0. The third-order valence-corrected chi connectivity index (χ3v) is 5.07. The van der Waals surface area contributed by atoms with Gasteiger partial charge in [0.2, 0.25) is 5.91 Å². The number of ether oxygens (including phenoxy) is 2. The van der Waals surface area contributed by atoms with Crippen LogP contribution in [0.25, 0.3) is 0 Å². The zero-order valence-electron chi connectivity index (χ0n) is 19.3. The van der Waals surface area contributed by atoms with Crippen molar-refractivity contribution in [3.05, 3.63) is 54.0 Å². The summed E-state index contributed by atoms with van der Waals surface area (Å²) >= 11 is 0. The molecule has 2 heterocycles. The molecular formula is C24H31N3O6. The monoisotopic (exact) mass is 457 g/mol. The van der Waals surface area contributed by atoms with Crippen LogP contribution in [0.15, 0.2) is 46.9 Å². The number of para-hydroxylation sites is 1. The number of hydrogen-bond acceptors (Lipinski definition) is 6. The zero-order chi connectivity index (χ0) is 23.8. The van der Waals surface area contributed by atoms with Crippen LogP contribution in [-0.4, -0.2) is 41.5 Å². The SMILES string of the molecule is CC(C)(C)OC(=O)N1CCC(CC(=O)NNC(=O)c2ccc(COc3ccccc3)o2)CC1. The summed E-state index contributed by atoms with van der Waals surface area (Å²) in [5.74, 6) is 0.557. The maximum absolute atomic E-state index is 12.2. The van der Waals surface area contributed by atoms with E-state index in [0.717, 1.165) is 0 Å². The Labute approximate surface area is 193 Å². The lowest BCUT2D eigenvalue weighted by molar-refractivity contribution is -0.123. The number of hydrogen-bond donors (Lipinski definition) is 2. The third kappa shape index (κ3) is 7.85. The summed E-state index contributed by atoms with van der Waals surface area (Å²) < 4.78 is 16.5. The molecule has 1 aromatic heterocycles. The van der Waals surface area contributed by atoms with Gasteiger partial charge in [-0.05, 0) is 63.8 Å². The van der Waals surface area contributed by atoms with Gasteiger partial charge in [-0.1, -0.05) is 18.2 Å². The number of rotatable bonds is 6. The number of hydrazine groups is 1. The van der Waals surface area contributed by atoms with Crippen LogP contribution >= 0.6 is 0 Å². The first-order chi connectivity index (χ1) is 15.7. The average molecular weight is 458 g/mol. The van der Waals surface area contributed by atoms with Gasteiger partial charge in [0.25, 0.3) is 0 Å². The summed E-state index contributed by atoms with van der Waals surface area (Å²) in [4.78, 5) is 38.3. The van der Waals surface area contributed by atoms with E-state index in [9.17, 15) is 14.4 Å². The minimum absolute atomic E-state index is 0.0765. The maximum atomic E-state index is 12.2. The lowest BCUT2D eigenvalue weighted by Gasteiger charge is -2.33. The second-order valence-corrected chi connectivity index (χ2v) is 8.98. The molecule has 0 atom stereocenters. The van der Waals surface area contributed by atoms with Crippen molar-refractivity contribution >= 4 is 17.9 Å². The first kappa shape index (κ1) is 24.2. The van der Waals surface area contributed by atoms with E-state index < -0.39 is 11.5 Å². The molecule has 33 heavy (non-hydrogen) atoms. The fraction of sp³-hybridized carbons (Fsp3) is 0.458. The number of furan rings is 1. The van der Waals surface area contributed by atoms with Crippen LogP contribution < -0.4 is 15.6 Å². The molecule has 0 radical (unpaired) electrons. The summed E-state index contributed by atoms with van der Waals surface area (Å²) in [5.41, 5.74) is 4.26. The van der Waals surface area contributed by atoms with Crippen molar-refractivity contribution < 1.29 is 28.3 Å². The topological polar surface area (TPSA) is 110 Å². The van der Waals surface area contributed by atoms with Crippen molar-refractivity contribution in [3.63, 3.8) is 0 Å². The van der Waals surface area contributed by atoms with Gasteiger partial charge in [-0.25, -0.2) is 4.79 Å². The van der Waals surface area contributed by atoms with E-state index in [1.807, 2.05) is 51.1 Å². The predicted octanol–water partition coefficient (Wildman–Crippen LogP) is 3.66. The van der Waals surface area contributed by atoms with Crippen LogP contribution in [-0.2, 0) is 16.1 Å². The minimum atomic E-state index is -0.547. The molecule has 1 fully saturated rings. The number of piperidine rings is 1. The van der Waals surface area contributed by atoms with Crippen molar-refractivity contribution in [3.8, 4) is 5.75 Å². The van der Waals surface area contributed by atoms with E-state index in [-0.39, 0.29) is 36.7 Å². The van der Waals surface area contributed by atoms with E-state index in [2.05, 4.69) is 10.9 Å². The highest BCUT2D eigenvalue weighted by Gasteiger charge is 2.28. The van der Waals surface area contributed by atoms with Gasteiger partial charge in [0.15, 0.2) is 5.76 Å². The average Bonchev–Trinajstić information content (AvgIpc) is 3.25. The van der Waals surface area contributed by atoms with Crippen LogP contribution in [0.4, 0.5) is 4.79 Å². The molecule has 3 amide bonds. The van der Waals surface area contributed by atoms with Crippen LogP contribution in [0.2, 0.25) is 0 Å². The highest BCUT2D eigenvalue weighted by molar-refractivity contribution is 5.92. The van der Waals surface area contributed by atoms with Gasteiger partial charge < -0.3 is 18.8 Å². The molecule has 1 aliphatic heterocycles. The summed E-state index contributed by atoms with van der Waals surface area (Å²) in [7, 11) is 0. The van der Waals surface area contributed by atoms with E-state index in [0.29, 0.717) is 37.4 Å². The molecule has 1 saturated heterocycles. The smallest absolute Gasteiger partial charge is 0.410 e. The fourth-order valence-corrected chi connectivity index (χ4v) is 3.40. The summed E-state index contributed by atoms with van der Waals surface area (Å²) in [6.45, 7) is 6.76. The Morgan fingerprint density at radius 2 is 1.73 bits per heavy atom. The Bertz CT molecular complexity index is 943. The number of carbonyl (C=O) groups is 3. The Morgan fingerprint density at radius 3 is 2.39 bits per heavy atom. The highest BCUT2D eigenvalue weighted by Crippen LogP contribution is 2.22. The lowest BCUT2D eigenvalue weighted by Crippen LogP contribution is -2.44. The van der Waals surface area contributed by atoms with Gasteiger partial charge in [-0.15, -0.1) is 0 Å². The number of carbonyl (C=O) groups excluding carboxylic acids is 3. The van der Waals surface area contributed by atoms with Crippen molar-refractivity contribution in [1.29, 1.82) is 0 Å². The molecule has 9 heteroatoms. The number of nitrogens with zero attached hydrogens (tertiary/aromatic N) is 1. The Kier molecular flexibility index (Phi) is 7.97. The predicted molar refractivity (Wildman–Crippen MR) is 120 cm³/mol. The Morgan fingerprint density at radius 1 is 1.03 bits per heavy atom.